The summed E-state index contributed by atoms with van der Waals surface area (Å²) in [4.78, 5) is 14.3. The summed E-state index contributed by atoms with van der Waals surface area (Å²) in [6.07, 6.45) is 3.31. The molecular weight excluding hydrogens is 254 g/mol. The number of nitrogens with zero attached hydrogens (tertiary/aromatic N) is 1. The number of carbonyl (C=O) groups excluding carboxylic acids is 1. The summed E-state index contributed by atoms with van der Waals surface area (Å²) in [6.45, 7) is 10.1. The van der Waals surface area contributed by atoms with Crippen LogP contribution >= 0.6 is 0 Å². The zero-order valence-corrected chi connectivity index (χ0v) is 13.2. The van der Waals surface area contributed by atoms with Crippen molar-refractivity contribution >= 4 is 5.91 Å². The average Bonchev–Trinajstić information content (AvgIpc) is 3.15. The van der Waals surface area contributed by atoms with Gasteiger partial charge in [0.1, 0.15) is 0 Å². The average molecular weight is 283 g/mol. The van der Waals surface area contributed by atoms with Gasteiger partial charge in [-0.25, -0.2) is 0 Å². The molecule has 0 aromatic carbocycles. The fourth-order valence-corrected chi connectivity index (χ4v) is 3.16. The predicted octanol–water partition coefficient (Wildman–Crippen LogP) is 0.870. The van der Waals surface area contributed by atoms with Crippen LogP contribution in [-0.2, 0) is 9.53 Å². The van der Waals surface area contributed by atoms with Gasteiger partial charge in [0.25, 0.3) is 0 Å². The van der Waals surface area contributed by atoms with Gasteiger partial charge in [-0.3, -0.25) is 9.69 Å². The number of primary amides is 1. The summed E-state index contributed by atoms with van der Waals surface area (Å²) in [7, 11) is 0. The number of hydrogen-bond acceptors (Lipinski definition) is 4. The molecule has 20 heavy (non-hydrogen) atoms. The second-order valence-electron chi connectivity index (χ2n) is 6.86. The summed E-state index contributed by atoms with van der Waals surface area (Å²) in [5.74, 6) is -0.245. The van der Waals surface area contributed by atoms with Gasteiger partial charge < -0.3 is 15.8 Å². The van der Waals surface area contributed by atoms with Crippen LogP contribution in [-0.4, -0.2) is 53.7 Å². The van der Waals surface area contributed by atoms with Crippen molar-refractivity contribution in [3.63, 3.8) is 0 Å². The Bertz CT molecular complexity index is 359. The summed E-state index contributed by atoms with van der Waals surface area (Å²) < 4.78 is 5.67. The van der Waals surface area contributed by atoms with Crippen LogP contribution in [0.25, 0.3) is 0 Å². The van der Waals surface area contributed by atoms with Crippen molar-refractivity contribution in [2.75, 3.05) is 13.2 Å². The molecule has 1 saturated carbocycles. The summed E-state index contributed by atoms with van der Waals surface area (Å²) in [5, 5.41) is 3.43. The second-order valence-corrected chi connectivity index (χ2v) is 6.86. The molecule has 116 valence electrons. The van der Waals surface area contributed by atoms with E-state index < -0.39 is 5.54 Å². The first-order chi connectivity index (χ1) is 9.32. The van der Waals surface area contributed by atoms with Crippen molar-refractivity contribution < 1.29 is 9.53 Å². The van der Waals surface area contributed by atoms with E-state index in [1.54, 1.807) is 0 Å². The highest BCUT2D eigenvalue weighted by atomic mass is 16.5. The Labute approximate surface area is 122 Å². The van der Waals surface area contributed by atoms with Crippen molar-refractivity contribution in [2.45, 2.75) is 76.7 Å². The smallest absolute Gasteiger partial charge is 0.237 e. The quantitative estimate of drug-likeness (QED) is 0.759. The van der Waals surface area contributed by atoms with Crippen LogP contribution in [0, 0.1) is 0 Å². The maximum Gasteiger partial charge on any atom is 0.237 e. The number of nitrogens with two attached hydrogens (primary N) is 1. The molecule has 1 aliphatic heterocycles. The number of nitrogens with one attached hydrogen (secondary N) is 1. The van der Waals surface area contributed by atoms with E-state index in [0.29, 0.717) is 18.1 Å². The minimum Gasteiger partial charge on any atom is -0.376 e. The molecule has 0 aromatic heterocycles. The van der Waals surface area contributed by atoms with Crippen LogP contribution < -0.4 is 11.1 Å². The lowest BCUT2D eigenvalue weighted by Crippen LogP contribution is -2.59. The molecule has 4 atom stereocenters. The standard InChI is InChI=1S/C15H29N3O2/c1-10(18-8-12(3)20-9-11(18)2)7-15(4,14(16)19)17-13-5-6-13/h10-13,17H,5-9H2,1-4H3,(H2,16,19). The van der Waals surface area contributed by atoms with Gasteiger partial charge in [0.2, 0.25) is 5.91 Å². The fraction of sp³-hybridized carbons (Fsp3) is 0.933. The Kier molecular flexibility index (Phi) is 4.72. The van der Waals surface area contributed by atoms with E-state index in [9.17, 15) is 4.79 Å². The Morgan fingerprint density at radius 3 is 2.70 bits per heavy atom. The summed E-state index contributed by atoms with van der Waals surface area (Å²) in [6, 6.07) is 1.17. The lowest BCUT2D eigenvalue weighted by molar-refractivity contribution is -0.125. The molecule has 2 fully saturated rings. The van der Waals surface area contributed by atoms with E-state index in [-0.39, 0.29) is 12.0 Å². The number of ether oxygens (including phenoxy) is 1. The molecule has 2 aliphatic rings. The van der Waals surface area contributed by atoms with E-state index in [1.165, 1.54) is 0 Å². The lowest BCUT2D eigenvalue weighted by Gasteiger charge is -2.43. The molecule has 5 nitrogen and oxygen atoms in total. The van der Waals surface area contributed by atoms with E-state index >= 15 is 0 Å². The SMILES string of the molecule is CC1CN(C(C)CC(C)(NC2CC2)C(N)=O)C(C)CO1. The third-order valence-corrected chi connectivity index (χ3v) is 4.57. The molecular formula is C15H29N3O2. The zero-order valence-electron chi connectivity index (χ0n) is 13.2. The van der Waals surface area contributed by atoms with E-state index in [0.717, 1.165) is 32.4 Å². The molecule has 4 unspecified atom stereocenters. The first-order valence-corrected chi connectivity index (χ1v) is 7.77. The van der Waals surface area contributed by atoms with Gasteiger partial charge in [-0.15, -0.1) is 0 Å². The van der Waals surface area contributed by atoms with E-state index in [4.69, 9.17) is 10.5 Å². The largest absolute Gasteiger partial charge is 0.376 e. The minimum absolute atomic E-state index is 0.245. The van der Waals surface area contributed by atoms with Crippen LogP contribution in [0.1, 0.15) is 47.0 Å². The van der Waals surface area contributed by atoms with Gasteiger partial charge in [0.15, 0.2) is 0 Å². The molecule has 0 bridgehead atoms. The molecule has 5 heteroatoms. The highest BCUT2D eigenvalue weighted by Gasteiger charge is 2.40. The van der Waals surface area contributed by atoms with Gasteiger partial charge in [-0.05, 0) is 47.0 Å². The summed E-state index contributed by atoms with van der Waals surface area (Å²) in [5.41, 5.74) is 5.03. The van der Waals surface area contributed by atoms with Crippen LogP contribution in [0.15, 0.2) is 0 Å². The number of morpholine rings is 1. The van der Waals surface area contributed by atoms with Crippen molar-refractivity contribution in [1.29, 1.82) is 0 Å². The van der Waals surface area contributed by atoms with Crippen molar-refractivity contribution in [2.24, 2.45) is 5.73 Å². The number of amides is 1. The van der Waals surface area contributed by atoms with Crippen molar-refractivity contribution in [1.82, 2.24) is 10.2 Å². The Balaban J connectivity index is 1.99. The van der Waals surface area contributed by atoms with Crippen molar-refractivity contribution in [3.8, 4) is 0 Å². The van der Waals surface area contributed by atoms with Crippen molar-refractivity contribution in [3.05, 3.63) is 0 Å². The third kappa shape index (κ3) is 3.71. The molecule has 0 radical (unpaired) electrons. The first kappa shape index (κ1) is 15.7. The Morgan fingerprint density at radius 1 is 1.50 bits per heavy atom. The zero-order chi connectivity index (χ0) is 14.9. The molecule has 1 saturated heterocycles. The predicted molar refractivity (Wildman–Crippen MR) is 79.4 cm³/mol. The van der Waals surface area contributed by atoms with Gasteiger partial charge in [0.05, 0.1) is 18.2 Å². The van der Waals surface area contributed by atoms with Crippen LogP contribution in [0.2, 0.25) is 0 Å². The maximum absolute atomic E-state index is 11.9. The van der Waals surface area contributed by atoms with Gasteiger partial charge in [-0.1, -0.05) is 0 Å². The molecule has 3 N–H and O–H groups in total. The first-order valence-electron chi connectivity index (χ1n) is 7.77. The third-order valence-electron chi connectivity index (χ3n) is 4.57. The van der Waals surface area contributed by atoms with Crippen LogP contribution in [0.5, 0.6) is 0 Å². The van der Waals surface area contributed by atoms with E-state index in [2.05, 4.69) is 31.0 Å². The molecule has 0 spiro atoms. The monoisotopic (exact) mass is 283 g/mol. The lowest BCUT2D eigenvalue weighted by atomic mass is 9.91. The highest BCUT2D eigenvalue weighted by molar-refractivity contribution is 5.84. The van der Waals surface area contributed by atoms with Crippen LogP contribution in [0.4, 0.5) is 0 Å². The Hall–Kier alpha value is -0.650. The van der Waals surface area contributed by atoms with Gasteiger partial charge >= 0.3 is 0 Å². The number of hydrogen-bond donors (Lipinski definition) is 2. The number of rotatable bonds is 6. The Morgan fingerprint density at radius 2 is 2.15 bits per heavy atom. The molecule has 2 rings (SSSR count). The molecule has 1 amide bonds. The molecule has 1 aliphatic carbocycles. The second kappa shape index (κ2) is 6.00. The fourth-order valence-electron chi connectivity index (χ4n) is 3.16. The topological polar surface area (TPSA) is 67.6 Å². The van der Waals surface area contributed by atoms with Gasteiger partial charge in [-0.2, -0.15) is 0 Å². The molecule has 0 aromatic rings. The minimum atomic E-state index is -0.609. The normalized spacial score (nSPS) is 32.6. The van der Waals surface area contributed by atoms with Gasteiger partial charge in [0, 0.05) is 24.7 Å². The summed E-state index contributed by atoms with van der Waals surface area (Å²) >= 11 is 0. The van der Waals surface area contributed by atoms with Crippen LogP contribution in [0.3, 0.4) is 0 Å². The van der Waals surface area contributed by atoms with E-state index in [1.807, 2.05) is 6.92 Å². The number of carbonyl (C=O) groups is 1. The highest BCUT2D eigenvalue weighted by Crippen LogP contribution is 2.27. The molecule has 1 heterocycles. The maximum atomic E-state index is 11.9.